The van der Waals surface area contributed by atoms with Crippen LogP contribution >= 0.6 is 0 Å². The Hall–Kier alpha value is -1.10. The zero-order valence-electron chi connectivity index (χ0n) is 7.88. The molecule has 2 heterocycles. The number of hydrogen-bond donors (Lipinski definition) is 2. The Morgan fingerprint density at radius 3 is 1.71 bits per heavy atom. The average Bonchev–Trinajstić information content (AvgIpc) is 2.58. The number of rotatable bonds is 2. The van der Waals surface area contributed by atoms with Crippen LogP contribution in [0.15, 0.2) is 0 Å². The largest absolute Gasteiger partial charge is 0.481 e. The summed E-state index contributed by atoms with van der Waals surface area (Å²) in [7, 11) is 1.82. The molecule has 0 aromatic carbocycles. The molecule has 2 N–H and O–H groups in total. The normalized spacial score (nSPS) is 41.5. The van der Waals surface area contributed by atoms with Crippen molar-refractivity contribution in [2.75, 3.05) is 7.05 Å². The fraction of sp³-hybridized carbons (Fsp3) is 0.778. The zero-order valence-corrected chi connectivity index (χ0v) is 7.88. The summed E-state index contributed by atoms with van der Waals surface area (Å²) in [5.41, 5.74) is 0. The van der Waals surface area contributed by atoms with Gasteiger partial charge in [0.15, 0.2) is 0 Å². The molecule has 2 bridgehead atoms. The van der Waals surface area contributed by atoms with E-state index >= 15 is 0 Å². The van der Waals surface area contributed by atoms with Crippen LogP contribution in [0.3, 0.4) is 0 Å². The molecule has 4 unspecified atom stereocenters. The number of hydrogen-bond acceptors (Lipinski definition) is 3. The lowest BCUT2D eigenvalue weighted by molar-refractivity contribution is -0.154. The fourth-order valence-corrected chi connectivity index (χ4v) is 2.98. The Balaban J connectivity index is 2.31. The van der Waals surface area contributed by atoms with Crippen LogP contribution in [0, 0.1) is 11.8 Å². The summed E-state index contributed by atoms with van der Waals surface area (Å²) in [4.78, 5) is 23.8. The van der Waals surface area contributed by atoms with Crippen molar-refractivity contribution in [3.05, 3.63) is 0 Å². The SMILES string of the molecule is CN1C2CCC1C(C(=O)O)C2C(=O)O. The molecule has 0 saturated carbocycles. The molecule has 2 rings (SSSR count). The number of nitrogens with zero attached hydrogens (tertiary/aromatic N) is 1. The highest BCUT2D eigenvalue weighted by Gasteiger charge is 2.57. The highest BCUT2D eigenvalue weighted by atomic mass is 16.4. The molecule has 78 valence electrons. The van der Waals surface area contributed by atoms with Gasteiger partial charge in [0.2, 0.25) is 0 Å². The third kappa shape index (κ3) is 1.05. The summed E-state index contributed by atoms with van der Waals surface area (Å²) >= 11 is 0. The number of carboxylic acids is 2. The van der Waals surface area contributed by atoms with Crippen molar-refractivity contribution in [1.29, 1.82) is 0 Å². The Labute approximate surface area is 81.3 Å². The predicted octanol–water partition coefficient (Wildman–Crippen LogP) is -0.136. The van der Waals surface area contributed by atoms with Gasteiger partial charge in [-0.05, 0) is 19.9 Å². The summed E-state index contributed by atoms with van der Waals surface area (Å²) in [6.45, 7) is 0. The zero-order chi connectivity index (χ0) is 10.5. The van der Waals surface area contributed by atoms with Crippen LogP contribution in [0.1, 0.15) is 12.8 Å². The second kappa shape index (κ2) is 2.95. The lowest BCUT2D eigenvalue weighted by Crippen LogP contribution is -2.38. The highest BCUT2D eigenvalue weighted by Crippen LogP contribution is 2.44. The number of fused-ring (bicyclic) bond motifs is 2. The number of carboxylic acid groups (broad SMARTS) is 2. The summed E-state index contributed by atoms with van der Waals surface area (Å²) in [6, 6.07) is -0.169. The molecule has 2 fully saturated rings. The standard InChI is InChI=1S/C9H13NO4/c1-10-4-2-3-5(10)7(9(13)14)6(4)8(11)12/h4-7H,2-3H2,1H3,(H,11,12)(H,13,14). The molecule has 0 amide bonds. The van der Waals surface area contributed by atoms with Gasteiger partial charge in [-0.25, -0.2) is 0 Å². The molecule has 0 aromatic heterocycles. The van der Waals surface area contributed by atoms with E-state index in [0.717, 1.165) is 12.8 Å². The molecule has 2 saturated heterocycles. The van der Waals surface area contributed by atoms with E-state index in [-0.39, 0.29) is 12.1 Å². The lowest BCUT2D eigenvalue weighted by atomic mass is 9.79. The van der Waals surface area contributed by atoms with Gasteiger partial charge in [0.1, 0.15) is 0 Å². The minimum atomic E-state index is -0.976. The molecule has 2 aliphatic rings. The molecule has 2 aliphatic heterocycles. The third-order valence-corrected chi connectivity index (χ3v) is 3.59. The van der Waals surface area contributed by atoms with Gasteiger partial charge in [0.25, 0.3) is 0 Å². The van der Waals surface area contributed by atoms with Crippen LogP contribution in [0.2, 0.25) is 0 Å². The van der Waals surface area contributed by atoms with Crippen molar-refractivity contribution in [2.45, 2.75) is 24.9 Å². The first-order chi connectivity index (χ1) is 6.54. The van der Waals surface area contributed by atoms with Gasteiger partial charge >= 0.3 is 11.9 Å². The van der Waals surface area contributed by atoms with Crippen LogP contribution in [-0.4, -0.2) is 46.2 Å². The monoisotopic (exact) mass is 199 g/mol. The van der Waals surface area contributed by atoms with Crippen LogP contribution in [-0.2, 0) is 9.59 Å². The first-order valence-electron chi connectivity index (χ1n) is 4.71. The highest BCUT2D eigenvalue weighted by molar-refractivity contribution is 5.82. The summed E-state index contributed by atoms with van der Waals surface area (Å²) in [6.07, 6.45) is 1.61. The molecule has 14 heavy (non-hydrogen) atoms. The maximum Gasteiger partial charge on any atom is 0.309 e. The molecule has 0 radical (unpaired) electrons. The molecular weight excluding hydrogens is 186 g/mol. The first kappa shape index (κ1) is 9.45. The smallest absolute Gasteiger partial charge is 0.309 e. The summed E-state index contributed by atoms with van der Waals surface area (Å²) < 4.78 is 0. The quantitative estimate of drug-likeness (QED) is 0.647. The molecule has 4 atom stereocenters. The van der Waals surface area contributed by atoms with Crippen molar-refractivity contribution in [3.8, 4) is 0 Å². The van der Waals surface area contributed by atoms with Gasteiger partial charge in [-0.15, -0.1) is 0 Å². The van der Waals surface area contributed by atoms with E-state index in [1.54, 1.807) is 0 Å². The van der Waals surface area contributed by atoms with E-state index in [0.29, 0.717) is 0 Å². The maximum absolute atomic E-state index is 11.0. The maximum atomic E-state index is 11.0. The second-order valence-electron chi connectivity index (χ2n) is 4.11. The fourth-order valence-electron chi connectivity index (χ4n) is 2.98. The van der Waals surface area contributed by atoms with Gasteiger partial charge in [0, 0.05) is 12.1 Å². The third-order valence-electron chi connectivity index (χ3n) is 3.59. The van der Waals surface area contributed by atoms with Crippen LogP contribution < -0.4 is 0 Å². The van der Waals surface area contributed by atoms with Gasteiger partial charge in [-0.1, -0.05) is 0 Å². The second-order valence-corrected chi connectivity index (χ2v) is 4.11. The van der Waals surface area contributed by atoms with Gasteiger partial charge in [0.05, 0.1) is 11.8 Å². The van der Waals surface area contributed by atoms with Crippen LogP contribution in [0.4, 0.5) is 0 Å². The van der Waals surface area contributed by atoms with Crippen molar-refractivity contribution in [1.82, 2.24) is 4.90 Å². The van der Waals surface area contributed by atoms with Crippen molar-refractivity contribution in [2.24, 2.45) is 11.8 Å². The molecular formula is C9H13NO4. The van der Waals surface area contributed by atoms with E-state index < -0.39 is 23.8 Å². The Morgan fingerprint density at radius 1 is 1.07 bits per heavy atom. The van der Waals surface area contributed by atoms with Gasteiger partial charge in [-0.2, -0.15) is 0 Å². The Kier molecular flexibility index (Phi) is 1.99. The number of carbonyl (C=O) groups is 2. The minimum absolute atomic E-state index is 0.0846. The van der Waals surface area contributed by atoms with E-state index in [2.05, 4.69) is 0 Å². The molecule has 0 aromatic rings. The Bertz CT molecular complexity index is 263. The van der Waals surface area contributed by atoms with Gasteiger partial charge < -0.3 is 10.2 Å². The average molecular weight is 199 g/mol. The van der Waals surface area contributed by atoms with Gasteiger partial charge in [-0.3, -0.25) is 14.5 Å². The number of aliphatic carboxylic acids is 2. The van der Waals surface area contributed by atoms with E-state index in [9.17, 15) is 9.59 Å². The van der Waals surface area contributed by atoms with E-state index in [1.165, 1.54) is 0 Å². The van der Waals surface area contributed by atoms with Crippen LogP contribution in [0.25, 0.3) is 0 Å². The van der Waals surface area contributed by atoms with E-state index in [1.807, 2.05) is 11.9 Å². The van der Waals surface area contributed by atoms with Crippen molar-refractivity contribution < 1.29 is 19.8 Å². The summed E-state index contributed by atoms with van der Waals surface area (Å²) in [5, 5.41) is 18.0. The molecule has 0 aliphatic carbocycles. The summed E-state index contributed by atoms with van der Waals surface area (Å²) in [5.74, 6) is -3.40. The topological polar surface area (TPSA) is 77.8 Å². The molecule has 5 heteroatoms. The Morgan fingerprint density at radius 2 is 1.43 bits per heavy atom. The molecule has 5 nitrogen and oxygen atoms in total. The van der Waals surface area contributed by atoms with Crippen molar-refractivity contribution >= 4 is 11.9 Å². The molecule has 0 spiro atoms. The minimum Gasteiger partial charge on any atom is -0.481 e. The lowest BCUT2D eigenvalue weighted by Gasteiger charge is -2.22. The predicted molar refractivity (Wildman–Crippen MR) is 46.8 cm³/mol. The van der Waals surface area contributed by atoms with Crippen LogP contribution in [0.5, 0.6) is 0 Å². The van der Waals surface area contributed by atoms with Crippen molar-refractivity contribution in [3.63, 3.8) is 0 Å². The van der Waals surface area contributed by atoms with E-state index in [4.69, 9.17) is 10.2 Å². The first-order valence-corrected chi connectivity index (χ1v) is 4.71.